The normalized spacial score (nSPS) is 11.9. The van der Waals surface area contributed by atoms with Crippen molar-refractivity contribution in [3.8, 4) is 0 Å². The number of hydrogen-bond acceptors (Lipinski definition) is 2. The number of rotatable bonds is 5. The summed E-state index contributed by atoms with van der Waals surface area (Å²) >= 11 is 5.88. The molecule has 1 rings (SSSR count). The third kappa shape index (κ3) is 4.04. The summed E-state index contributed by atoms with van der Waals surface area (Å²) in [6, 6.07) is 4.61. The van der Waals surface area contributed by atoms with Crippen LogP contribution >= 0.6 is 11.6 Å². The maximum Gasteiger partial charge on any atom is 0.305 e. The minimum Gasteiger partial charge on any atom is -0.481 e. The summed E-state index contributed by atoms with van der Waals surface area (Å²) in [5.74, 6) is -1.20. The van der Waals surface area contributed by atoms with Gasteiger partial charge in [-0.2, -0.15) is 0 Å². The van der Waals surface area contributed by atoms with Crippen LogP contribution in [0.4, 0.5) is 0 Å². The van der Waals surface area contributed by atoms with Gasteiger partial charge in [0.2, 0.25) is 0 Å². The Bertz CT molecular complexity index is 460. The minimum atomic E-state index is -0.922. The maximum absolute atomic E-state index is 11.9. The van der Waals surface area contributed by atoms with E-state index in [0.717, 1.165) is 5.56 Å². The lowest BCUT2D eigenvalue weighted by Gasteiger charge is -2.15. The third-order valence-corrected chi connectivity index (χ3v) is 3.09. The smallest absolute Gasteiger partial charge is 0.305 e. The number of halogens is 1. The van der Waals surface area contributed by atoms with Crippen LogP contribution in [-0.4, -0.2) is 23.0 Å². The van der Waals surface area contributed by atoms with Crippen molar-refractivity contribution in [1.82, 2.24) is 5.32 Å². The molecule has 0 spiro atoms. The molecular weight excluding hydrogens is 254 g/mol. The topological polar surface area (TPSA) is 66.4 Å². The fourth-order valence-corrected chi connectivity index (χ4v) is 1.68. The highest BCUT2D eigenvalue weighted by atomic mass is 35.5. The molecule has 18 heavy (non-hydrogen) atoms. The fourth-order valence-electron chi connectivity index (χ4n) is 1.56. The summed E-state index contributed by atoms with van der Waals surface area (Å²) in [6.45, 7) is 3.65. The maximum atomic E-state index is 11.9. The molecule has 0 fully saturated rings. The molecule has 1 atom stereocenters. The number of carbonyl (C=O) groups is 2. The highest BCUT2D eigenvalue weighted by molar-refractivity contribution is 6.31. The number of hydrogen-bond donors (Lipinski definition) is 2. The van der Waals surface area contributed by atoms with Gasteiger partial charge in [-0.1, -0.05) is 18.5 Å². The van der Waals surface area contributed by atoms with Crippen molar-refractivity contribution in [3.63, 3.8) is 0 Å². The Hall–Kier alpha value is -1.55. The first-order valence-electron chi connectivity index (χ1n) is 5.72. The second-order valence-electron chi connectivity index (χ2n) is 4.14. The molecule has 0 saturated carbocycles. The molecule has 0 aromatic heterocycles. The zero-order valence-corrected chi connectivity index (χ0v) is 11.1. The quantitative estimate of drug-likeness (QED) is 0.863. The van der Waals surface area contributed by atoms with Gasteiger partial charge in [0.05, 0.1) is 6.42 Å². The monoisotopic (exact) mass is 269 g/mol. The van der Waals surface area contributed by atoms with Crippen molar-refractivity contribution in [2.24, 2.45) is 0 Å². The highest BCUT2D eigenvalue weighted by Gasteiger charge is 2.15. The number of benzene rings is 1. The van der Waals surface area contributed by atoms with Crippen LogP contribution in [0.25, 0.3) is 0 Å². The number of carbonyl (C=O) groups excluding carboxylic acids is 1. The molecule has 0 aliphatic carbocycles. The molecule has 0 aliphatic heterocycles. The van der Waals surface area contributed by atoms with Gasteiger partial charge in [-0.25, -0.2) is 0 Å². The molecule has 0 heterocycles. The van der Waals surface area contributed by atoms with Crippen LogP contribution in [0.5, 0.6) is 0 Å². The lowest BCUT2D eigenvalue weighted by Crippen LogP contribution is -2.36. The molecule has 0 radical (unpaired) electrons. The van der Waals surface area contributed by atoms with Crippen molar-refractivity contribution in [2.75, 3.05) is 0 Å². The predicted octanol–water partition coefficient (Wildman–Crippen LogP) is 2.63. The molecule has 0 aliphatic rings. The Morgan fingerprint density at radius 3 is 2.61 bits per heavy atom. The molecular formula is C13H16ClNO3. The zero-order valence-electron chi connectivity index (χ0n) is 10.4. The summed E-state index contributed by atoms with van der Waals surface area (Å²) in [4.78, 5) is 22.5. The first kappa shape index (κ1) is 14.5. The van der Waals surface area contributed by atoms with E-state index in [1.165, 1.54) is 0 Å². The second-order valence-corrected chi connectivity index (χ2v) is 4.55. The van der Waals surface area contributed by atoms with E-state index in [1.807, 2.05) is 13.8 Å². The lowest BCUT2D eigenvalue weighted by molar-refractivity contribution is -0.137. The van der Waals surface area contributed by atoms with Gasteiger partial charge in [0.25, 0.3) is 5.91 Å². The molecule has 2 N–H and O–H groups in total. The van der Waals surface area contributed by atoms with E-state index < -0.39 is 5.97 Å². The summed E-state index contributed by atoms with van der Waals surface area (Å²) < 4.78 is 0. The van der Waals surface area contributed by atoms with Crippen LogP contribution < -0.4 is 5.32 Å². The third-order valence-electron chi connectivity index (χ3n) is 2.67. The van der Waals surface area contributed by atoms with Gasteiger partial charge in [0, 0.05) is 16.6 Å². The Morgan fingerprint density at radius 1 is 1.44 bits per heavy atom. The lowest BCUT2D eigenvalue weighted by atomic mass is 10.1. The Labute approximate surface area is 111 Å². The van der Waals surface area contributed by atoms with Gasteiger partial charge in [-0.15, -0.1) is 0 Å². The molecule has 4 nitrogen and oxygen atoms in total. The van der Waals surface area contributed by atoms with Crippen molar-refractivity contribution in [3.05, 3.63) is 34.3 Å². The fraction of sp³-hybridized carbons (Fsp3) is 0.385. The summed E-state index contributed by atoms with van der Waals surface area (Å²) in [6.07, 6.45) is 0.499. The number of carboxylic acid groups (broad SMARTS) is 1. The average Bonchev–Trinajstić information content (AvgIpc) is 2.31. The van der Waals surface area contributed by atoms with Crippen LogP contribution in [-0.2, 0) is 4.79 Å². The van der Waals surface area contributed by atoms with Crippen molar-refractivity contribution < 1.29 is 14.7 Å². The van der Waals surface area contributed by atoms with Crippen LogP contribution in [0.2, 0.25) is 5.02 Å². The van der Waals surface area contributed by atoms with E-state index in [-0.39, 0.29) is 18.4 Å². The Kier molecular flexibility index (Phi) is 5.16. The van der Waals surface area contributed by atoms with E-state index >= 15 is 0 Å². The number of carboxylic acids is 1. The van der Waals surface area contributed by atoms with Gasteiger partial charge in [0.1, 0.15) is 0 Å². The largest absolute Gasteiger partial charge is 0.481 e. The molecule has 0 bridgehead atoms. The van der Waals surface area contributed by atoms with Crippen molar-refractivity contribution >= 4 is 23.5 Å². The van der Waals surface area contributed by atoms with E-state index in [2.05, 4.69) is 5.32 Å². The number of nitrogens with one attached hydrogen (secondary N) is 1. The molecule has 1 aromatic carbocycles. The molecule has 1 unspecified atom stereocenters. The van der Waals surface area contributed by atoms with Crippen molar-refractivity contribution in [2.45, 2.75) is 32.7 Å². The number of aryl methyl sites for hydroxylation is 1. The number of aliphatic carboxylic acids is 1. The highest BCUT2D eigenvalue weighted by Crippen LogP contribution is 2.16. The van der Waals surface area contributed by atoms with Gasteiger partial charge in [0.15, 0.2) is 0 Å². The first-order valence-corrected chi connectivity index (χ1v) is 6.10. The SMILES string of the molecule is CCC(CC(=O)O)NC(=O)c1ccc(Cl)c(C)c1. The summed E-state index contributed by atoms with van der Waals surface area (Å²) in [5, 5.41) is 12.0. The Balaban J connectivity index is 2.74. The van der Waals surface area contributed by atoms with Crippen LogP contribution in [0, 0.1) is 6.92 Å². The second kappa shape index (κ2) is 6.40. The van der Waals surface area contributed by atoms with E-state index in [0.29, 0.717) is 17.0 Å². The van der Waals surface area contributed by atoms with Crippen LogP contribution in [0.15, 0.2) is 18.2 Å². The average molecular weight is 270 g/mol. The molecule has 1 amide bonds. The molecule has 5 heteroatoms. The van der Waals surface area contributed by atoms with Gasteiger partial charge in [-0.3, -0.25) is 9.59 Å². The summed E-state index contributed by atoms with van der Waals surface area (Å²) in [7, 11) is 0. The standard InChI is InChI=1S/C13H16ClNO3/c1-3-10(7-12(16)17)15-13(18)9-4-5-11(14)8(2)6-9/h4-6,10H,3,7H2,1-2H3,(H,15,18)(H,16,17). The van der Waals surface area contributed by atoms with E-state index in [1.54, 1.807) is 18.2 Å². The van der Waals surface area contributed by atoms with E-state index in [9.17, 15) is 9.59 Å². The predicted molar refractivity (Wildman–Crippen MR) is 70.0 cm³/mol. The van der Waals surface area contributed by atoms with Crippen LogP contribution in [0.1, 0.15) is 35.7 Å². The number of amides is 1. The molecule has 98 valence electrons. The van der Waals surface area contributed by atoms with Crippen molar-refractivity contribution in [1.29, 1.82) is 0 Å². The first-order chi connectivity index (χ1) is 8.43. The van der Waals surface area contributed by atoms with E-state index in [4.69, 9.17) is 16.7 Å². The van der Waals surface area contributed by atoms with Gasteiger partial charge >= 0.3 is 5.97 Å². The summed E-state index contributed by atoms with van der Waals surface area (Å²) in [5.41, 5.74) is 1.30. The Morgan fingerprint density at radius 2 is 2.11 bits per heavy atom. The molecule has 1 aromatic rings. The molecule has 0 saturated heterocycles. The van der Waals surface area contributed by atoms with Gasteiger partial charge in [-0.05, 0) is 37.1 Å². The minimum absolute atomic E-state index is 0.0746. The van der Waals surface area contributed by atoms with Crippen LogP contribution in [0.3, 0.4) is 0 Å². The van der Waals surface area contributed by atoms with Gasteiger partial charge < -0.3 is 10.4 Å². The zero-order chi connectivity index (χ0) is 13.7.